The first-order valence-corrected chi connectivity index (χ1v) is 10.2. The van der Waals surface area contributed by atoms with Crippen molar-refractivity contribution in [3.63, 3.8) is 0 Å². The van der Waals surface area contributed by atoms with Crippen molar-refractivity contribution in [3.05, 3.63) is 73.1 Å². The average Bonchev–Trinajstić information content (AvgIpc) is 2.71. The van der Waals surface area contributed by atoms with E-state index in [4.69, 9.17) is 9.15 Å². The molecular formula is C25H28O3. The van der Waals surface area contributed by atoms with Gasteiger partial charge in [0.25, 0.3) is 0 Å². The Morgan fingerprint density at radius 1 is 0.857 bits per heavy atom. The Kier molecular flexibility index (Phi) is 4.78. The van der Waals surface area contributed by atoms with Crippen LogP contribution in [0.15, 0.2) is 27.4 Å². The Bertz CT molecular complexity index is 1110. The number of hydrogen-bond donors (Lipinski definition) is 0. The molecule has 0 fully saturated rings. The highest BCUT2D eigenvalue weighted by molar-refractivity contribution is 5.82. The molecule has 3 aromatic rings. The van der Waals surface area contributed by atoms with Crippen LogP contribution in [0.3, 0.4) is 0 Å². The summed E-state index contributed by atoms with van der Waals surface area (Å²) in [7, 11) is 0. The molecule has 0 unspecified atom stereocenters. The molecule has 0 atom stereocenters. The summed E-state index contributed by atoms with van der Waals surface area (Å²) in [6.45, 7) is 11.4. The third-order valence-corrected chi connectivity index (χ3v) is 6.73. The topological polar surface area (TPSA) is 39.4 Å². The van der Waals surface area contributed by atoms with E-state index in [9.17, 15) is 4.79 Å². The first-order chi connectivity index (χ1) is 13.4. The first kappa shape index (κ1) is 18.8. The van der Waals surface area contributed by atoms with Gasteiger partial charge >= 0.3 is 5.63 Å². The molecule has 0 bridgehead atoms. The van der Waals surface area contributed by atoms with Gasteiger partial charge in [-0.15, -0.1) is 0 Å². The fraction of sp³-hybridized carbons (Fsp3) is 0.400. The lowest BCUT2D eigenvalue weighted by atomic mass is 9.90. The highest BCUT2D eigenvalue weighted by atomic mass is 16.5. The lowest BCUT2D eigenvalue weighted by Crippen LogP contribution is -2.15. The summed E-state index contributed by atoms with van der Waals surface area (Å²) < 4.78 is 11.8. The molecule has 0 radical (unpaired) electrons. The number of benzene rings is 2. The van der Waals surface area contributed by atoms with Crippen LogP contribution in [0, 0.1) is 34.6 Å². The zero-order valence-corrected chi connectivity index (χ0v) is 17.5. The van der Waals surface area contributed by atoms with Crippen molar-refractivity contribution >= 4 is 11.0 Å². The molecule has 28 heavy (non-hydrogen) atoms. The van der Waals surface area contributed by atoms with Crippen molar-refractivity contribution < 1.29 is 9.15 Å². The summed E-state index contributed by atoms with van der Waals surface area (Å²) in [5.74, 6) is 0.737. The van der Waals surface area contributed by atoms with E-state index < -0.39 is 0 Å². The van der Waals surface area contributed by atoms with E-state index in [-0.39, 0.29) is 5.63 Å². The normalized spacial score (nSPS) is 13.6. The van der Waals surface area contributed by atoms with Crippen LogP contribution in [-0.2, 0) is 19.4 Å². The van der Waals surface area contributed by atoms with Crippen LogP contribution in [0.5, 0.6) is 5.75 Å². The van der Waals surface area contributed by atoms with E-state index in [0.717, 1.165) is 42.4 Å². The fourth-order valence-electron chi connectivity index (χ4n) is 4.47. The van der Waals surface area contributed by atoms with Crippen LogP contribution in [0.25, 0.3) is 11.0 Å². The average molecular weight is 376 g/mol. The highest BCUT2D eigenvalue weighted by Crippen LogP contribution is 2.31. The van der Waals surface area contributed by atoms with Gasteiger partial charge in [-0.05, 0) is 111 Å². The molecule has 146 valence electrons. The zero-order chi connectivity index (χ0) is 20.0. The van der Waals surface area contributed by atoms with Gasteiger partial charge in [0.05, 0.1) is 0 Å². The Hall–Kier alpha value is -2.55. The molecular weight excluding hydrogens is 348 g/mol. The fourth-order valence-corrected chi connectivity index (χ4v) is 4.47. The summed E-state index contributed by atoms with van der Waals surface area (Å²) in [4.78, 5) is 12.4. The smallest absolute Gasteiger partial charge is 0.339 e. The van der Waals surface area contributed by atoms with Gasteiger partial charge in [0.2, 0.25) is 0 Å². The summed E-state index contributed by atoms with van der Waals surface area (Å²) in [5, 5.41) is 1.05. The second-order valence-corrected chi connectivity index (χ2v) is 8.10. The van der Waals surface area contributed by atoms with E-state index in [1.54, 1.807) is 0 Å². The van der Waals surface area contributed by atoms with Crippen LogP contribution in [0.2, 0.25) is 0 Å². The predicted molar refractivity (Wildman–Crippen MR) is 114 cm³/mol. The molecule has 1 aliphatic carbocycles. The standard InChI is InChI=1S/C25H28O3/c1-14-15(2)17(4)23(18(5)16(14)3)13-27-19-10-11-21-20-8-6-7-9-22(20)25(26)28-24(21)12-19/h10-12H,6-9,13H2,1-5H3. The minimum atomic E-state index is -0.184. The molecule has 0 saturated carbocycles. The minimum absolute atomic E-state index is 0.184. The van der Waals surface area contributed by atoms with Crippen molar-refractivity contribution in [2.45, 2.75) is 66.9 Å². The maximum Gasteiger partial charge on any atom is 0.339 e. The van der Waals surface area contributed by atoms with Crippen molar-refractivity contribution in [1.82, 2.24) is 0 Å². The van der Waals surface area contributed by atoms with Gasteiger partial charge < -0.3 is 9.15 Å². The van der Waals surface area contributed by atoms with Crippen molar-refractivity contribution in [1.29, 1.82) is 0 Å². The molecule has 1 aliphatic rings. The van der Waals surface area contributed by atoms with Gasteiger partial charge in [-0.25, -0.2) is 4.79 Å². The Labute approximate surface area is 166 Å². The summed E-state index contributed by atoms with van der Waals surface area (Å²) in [5.41, 5.74) is 10.3. The molecule has 0 amide bonds. The van der Waals surface area contributed by atoms with Crippen LogP contribution < -0.4 is 10.4 Å². The third kappa shape index (κ3) is 3.03. The van der Waals surface area contributed by atoms with E-state index in [1.165, 1.54) is 38.9 Å². The van der Waals surface area contributed by atoms with Gasteiger partial charge in [0.15, 0.2) is 0 Å². The van der Waals surface area contributed by atoms with Gasteiger partial charge in [0, 0.05) is 17.0 Å². The monoisotopic (exact) mass is 376 g/mol. The lowest BCUT2D eigenvalue weighted by molar-refractivity contribution is 0.304. The number of fused-ring (bicyclic) bond motifs is 3. The van der Waals surface area contributed by atoms with Crippen LogP contribution in [-0.4, -0.2) is 0 Å². The van der Waals surface area contributed by atoms with Gasteiger partial charge in [-0.2, -0.15) is 0 Å². The van der Waals surface area contributed by atoms with Crippen LogP contribution >= 0.6 is 0 Å². The van der Waals surface area contributed by atoms with Crippen LogP contribution in [0.4, 0.5) is 0 Å². The number of aryl methyl sites for hydroxylation is 1. The van der Waals surface area contributed by atoms with E-state index in [0.29, 0.717) is 12.2 Å². The second kappa shape index (κ2) is 7.12. The Morgan fingerprint density at radius 2 is 1.46 bits per heavy atom. The molecule has 1 aromatic heterocycles. The molecule has 0 spiro atoms. The lowest BCUT2D eigenvalue weighted by Gasteiger charge is -2.19. The number of hydrogen-bond acceptors (Lipinski definition) is 3. The molecule has 2 aromatic carbocycles. The molecule has 0 aliphatic heterocycles. The third-order valence-electron chi connectivity index (χ3n) is 6.73. The Balaban J connectivity index is 1.68. The number of rotatable bonds is 3. The summed E-state index contributed by atoms with van der Waals surface area (Å²) in [6.07, 6.45) is 3.99. The first-order valence-electron chi connectivity index (χ1n) is 10.2. The molecule has 3 nitrogen and oxygen atoms in total. The minimum Gasteiger partial charge on any atom is -0.489 e. The predicted octanol–water partition coefficient (Wildman–Crippen LogP) is 5.79. The van der Waals surface area contributed by atoms with Crippen LogP contribution in [0.1, 0.15) is 57.3 Å². The van der Waals surface area contributed by atoms with Crippen molar-refractivity contribution in [2.24, 2.45) is 0 Å². The van der Waals surface area contributed by atoms with Gasteiger partial charge in [-0.1, -0.05) is 0 Å². The van der Waals surface area contributed by atoms with E-state index in [1.807, 2.05) is 18.2 Å². The molecule has 0 saturated heterocycles. The quantitative estimate of drug-likeness (QED) is 0.543. The SMILES string of the molecule is Cc1c(C)c(C)c(COc2ccc3c4c(c(=O)oc3c2)CCCC4)c(C)c1C. The molecule has 0 N–H and O–H groups in total. The van der Waals surface area contributed by atoms with Gasteiger partial charge in [0.1, 0.15) is 17.9 Å². The van der Waals surface area contributed by atoms with E-state index >= 15 is 0 Å². The second-order valence-electron chi connectivity index (χ2n) is 8.10. The van der Waals surface area contributed by atoms with Crippen molar-refractivity contribution in [2.75, 3.05) is 0 Å². The van der Waals surface area contributed by atoms with Gasteiger partial charge in [-0.3, -0.25) is 0 Å². The van der Waals surface area contributed by atoms with Crippen molar-refractivity contribution in [3.8, 4) is 5.75 Å². The molecule has 3 heteroatoms. The summed E-state index contributed by atoms with van der Waals surface area (Å²) in [6, 6.07) is 5.91. The molecule has 4 rings (SSSR count). The maximum absolute atomic E-state index is 12.4. The zero-order valence-electron chi connectivity index (χ0n) is 17.5. The van der Waals surface area contributed by atoms with E-state index in [2.05, 4.69) is 34.6 Å². The molecule has 1 heterocycles. The summed E-state index contributed by atoms with van der Waals surface area (Å²) >= 11 is 0. The largest absolute Gasteiger partial charge is 0.489 e. The highest BCUT2D eigenvalue weighted by Gasteiger charge is 2.18. The number of ether oxygens (including phenoxy) is 1. The maximum atomic E-state index is 12.4. The Morgan fingerprint density at radius 3 is 2.14 bits per heavy atom.